The molecule has 0 aromatic carbocycles. The van der Waals surface area contributed by atoms with E-state index < -0.39 is 0 Å². The van der Waals surface area contributed by atoms with Crippen LogP contribution in [0.25, 0.3) is 0 Å². The second-order valence-electron chi connectivity index (χ2n) is 6.09. The van der Waals surface area contributed by atoms with Gasteiger partial charge in [-0.25, -0.2) is 9.97 Å². The highest BCUT2D eigenvalue weighted by molar-refractivity contribution is 5.47. The van der Waals surface area contributed by atoms with E-state index in [2.05, 4.69) is 55.2 Å². The fraction of sp³-hybridized carbons (Fsp3) is 0.750. The molecule has 0 aliphatic rings. The van der Waals surface area contributed by atoms with Crippen molar-refractivity contribution in [3.63, 3.8) is 0 Å². The van der Waals surface area contributed by atoms with E-state index in [1.807, 2.05) is 13.1 Å². The van der Waals surface area contributed by atoms with Gasteiger partial charge >= 0.3 is 0 Å². The van der Waals surface area contributed by atoms with Gasteiger partial charge in [-0.15, -0.1) is 0 Å². The van der Waals surface area contributed by atoms with E-state index in [0.29, 0.717) is 17.8 Å². The molecule has 0 radical (unpaired) electrons. The zero-order valence-corrected chi connectivity index (χ0v) is 13.8. The third-order valence-corrected chi connectivity index (χ3v) is 3.73. The maximum absolute atomic E-state index is 4.60. The summed E-state index contributed by atoms with van der Waals surface area (Å²) in [6.45, 7) is 12.3. The zero-order chi connectivity index (χ0) is 15.1. The molecule has 20 heavy (non-hydrogen) atoms. The Balaban J connectivity index is 2.77. The monoisotopic (exact) mass is 278 g/mol. The minimum atomic E-state index is 0.651. The molecule has 0 saturated heterocycles. The van der Waals surface area contributed by atoms with Gasteiger partial charge in [0, 0.05) is 26.1 Å². The molecule has 2 N–H and O–H groups in total. The van der Waals surface area contributed by atoms with Crippen LogP contribution in [0.4, 0.5) is 11.6 Å². The molecule has 1 aromatic rings. The molecule has 0 saturated carbocycles. The van der Waals surface area contributed by atoms with Crippen molar-refractivity contribution in [2.75, 3.05) is 24.2 Å². The van der Waals surface area contributed by atoms with Crippen molar-refractivity contribution in [1.29, 1.82) is 0 Å². The van der Waals surface area contributed by atoms with E-state index in [0.717, 1.165) is 36.8 Å². The highest BCUT2D eigenvalue weighted by atomic mass is 15.1. The third kappa shape index (κ3) is 4.99. The number of hydrogen-bond acceptors (Lipinski definition) is 4. The van der Waals surface area contributed by atoms with Crippen LogP contribution in [0.5, 0.6) is 0 Å². The Kier molecular flexibility index (Phi) is 6.76. The number of anilines is 2. The van der Waals surface area contributed by atoms with Crippen molar-refractivity contribution in [2.45, 2.75) is 47.5 Å². The minimum Gasteiger partial charge on any atom is -0.373 e. The van der Waals surface area contributed by atoms with Crippen molar-refractivity contribution >= 4 is 11.6 Å². The molecular formula is C16H30N4. The first-order chi connectivity index (χ1) is 9.47. The first-order valence-corrected chi connectivity index (χ1v) is 7.77. The summed E-state index contributed by atoms with van der Waals surface area (Å²) in [5.74, 6) is 4.72. The summed E-state index contributed by atoms with van der Waals surface area (Å²) in [5.41, 5.74) is 0. The van der Waals surface area contributed by atoms with Gasteiger partial charge in [0.25, 0.3) is 0 Å². The summed E-state index contributed by atoms with van der Waals surface area (Å²) < 4.78 is 0. The Hall–Kier alpha value is -1.32. The summed E-state index contributed by atoms with van der Waals surface area (Å²) in [4.78, 5) is 9.08. The van der Waals surface area contributed by atoms with E-state index in [-0.39, 0.29) is 0 Å². The van der Waals surface area contributed by atoms with Crippen LogP contribution in [0.1, 0.15) is 46.9 Å². The van der Waals surface area contributed by atoms with Gasteiger partial charge in [0.1, 0.15) is 17.5 Å². The zero-order valence-electron chi connectivity index (χ0n) is 13.8. The van der Waals surface area contributed by atoms with Gasteiger partial charge in [0.15, 0.2) is 0 Å². The molecule has 114 valence electrons. The molecule has 0 aliphatic heterocycles. The Morgan fingerprint density at radius 1 is 1.05 bits per heavy atom. The maximum Gasteiger partial charge on any atom is 0.133 e. The summed E-state index contributed by atoms with van der Waals surface area (Å²) in [6, 6.07) is 1.98. The van der Waals surface area contributed by atoms with E-state index in [9.17, 15) is 0 Å². The summed E-state index contributed by atoms with van der Waals surface area (Å²) in [7, 11) is 1.90. The molecule has 0 fully saturated rings. The molecule has 0 unspecified atom stereocenters. The molecule has 4 heteroatoms. The second kappa shape index (κ2) is 8.08. The van der Waals surface area contributed by atoms with Gasteiger partial charge in [0.05, 0.1) is 0 Å². The minimum absolute atomic E-state index is 0.651. The molecule has 1 aromatic heterocycles. The Morgan fingerprint density at radius 3 is 2.15 bits per heavy atom. The highest BCUT2D eigenvalue weighted by Crippen LogP contribution is 2.21. The van der Waals surface area contributed by atoms with Crippen molar-refractivity contribution in [3.8, 4) is 0 Å². The molecule has 0 bridgehead atoms. The lowest BCUT2D eigenvalue weighted by molar-refractivity contribution is 0.304. The largest absolute Gasteiger partial charge is 0.373 e. The van der Waals surface area contributed by atoms with Crippen LogP contribution < -0.4 is 10.6 Å². The Bertz CT molecular complexity index is 393. The van der Waals surface area contributed by atoms with Crippen LogP contribution in [-0.2, 0) is 6.42 Å². The average molecular weight is 278 g/mol. The van der Waals surface area contributed by atoms with Gasteiger partial charge in [-0.05, 0) is 24.2 Å². The molecule has 1 heterocycles. The lowest BCUT2D eigenvalue weighted by atomic mass is 9.85. The summed E-state index contributed by atoms with van der Waals surface area (Å²) in [5, 5.41) is 6.60. The van der Waals surface area contributed by atoms with Crippen molar-refractivity contribution < 1.29 is 0 Å². The van der Waals surface area contributed by atoms with Crippen LogP contribution in [0.3, 0.4) is 0 Å². The van der Waals surface area contributed by atoms with Crippen molar-refractivity contribution in [2.24, 2.45) is 17.8 Å². The first-order valence-electron chi connectivity index (χ1n) is 7.77. The molecule has 4 nitrogen and oxygen atoms in total. The van der Waals surface area contributed by atoms with Crippen molar-refractivity contribution in [3.05, 3.63) is 11.9 Å². The molecule has 0 atom stereocenters. The Morgan fingerprint density at radius 2 is 1.65 bits per heavy atom. The van der Waals surface area contributed by atoms with Gasteiger partial charge in [-0.1, -0.05) is 34.6 Å². The Labute approximate surface area is 123 Å². The van der Waals surface area contributed by atoms with Gasteiger partial charge < -0.3 is 10.6 Å². The van der Waals surface area contributed by atoms with E-state index >= 15 is 0 Å². The first kappa shape index (κ1) is 16.7. The van der Waals surface area contributed by atoms with Crippen LogP contribution in [0.2, 0.25) is 0 Å². The highest BCUT2D eigenvalue weighted by Gasteiger charge is 2.17. The normalized spacial score (nSPS) is 11.4. The summed E-state index contributed by atoms with van der Waals surface area (Å²) in [6.07, 6.45) is 1.98. The van der Waals surface area contributed by atoms with Crippen LogP contribution in [0, 0.1) is 17.8 Å². The number of aryl methyl sites for hydroxylation is 1. The number of rotatable bonds is 8. The molecule has 0 amide bonds. The van der Waals surface area contributed by atoms with Crippen LogP contribution >= 0.6 is 0 Å². The van der Waals surface area contributed by atoms with Crippen LogP contribution in [0.15, 0.2) is 6.07 Å². The van der Waals surface area contributed by atoms with Crippen molar-refractivity contribution in [1.82, 2.24) is 9.97 Å². The van der Waals surface area contributed by atoms with E-state index in [4.69, 9.17) is 0 Å². The predicted molar refractivity (Wildman–Crippen MR) is 87.2 cm³/mol. The fourth-order valence-corrected chi connectivity index (χ4v) is 2.51. The summed E-state index contributed by atoms with van der Waals surface area (Å²) >= 11 is 0. The van der Waals surface area contributed by atoms with E-state index in [1.54, 1.807) is 0 Å². The topological polar surface area (TPSA) is 49.8 Å². The van der Waals surface area contributed by atoms with Gasteiger partial charge in [0.2, 0.25) is 0 Å². The number of nitrogens with one attached hydrogen (secondary N) is 2. The predicted octanol–water partition coefficient (Wildman–Crippen LogP) is 3.81. The fourth-order valence-electron chi connectivity index (χ4n) is 2.51. The van der Waals surface area contributed by atoms with E-state index in [1.165, 1.54) is 0 Å². The van der Waals surface area contributed by atoms with Gasteiger partial charge in [-0.3, -0.25) is 0 Å². The lowest BCUT2D eigenvalue weighted by Gasteiger charge is -2.25. The lowest BCUT2D eigenvalue weighted by Crippen LogP contribution is -2.25. The third-order valence-electron chi connectivity index (χ3n) is 3.73. The van der Waals surface area contributed by atoms with Gasteiger partial charge in [-0.2, -0.15) is 0 Å². The molecule has 0 aliphatic carbocycles. The number of nitrogens with zero attached hydrogens (tertiary/aromatic N) is 2. The molecule has 1 rings (SSSR count). The number of aromatic nitrogens is 2. The quantitative estimate of drug-likeness (QED) is 0.759. The maximum atomic E-state index is 4.60. The molecule has 0 spiro atoms. The second-order valence-corrected chi connectivity index (χ2v) is 6.09. The smallest absolute Gasteiger partial charge is 0.133 e. The standard InChI is InChI=1S/C16H30N4/c1-7-8-14-19-15(17-6)9-16(20-14)18-10-13(11(2)3)12(4)5/h9,11-13H,7-8,10H2,1-6H3,(H2,17,18,19,20). The van der Waals surface area contributed by atoms with Crippen LogP contribution in [-0.4, -0.2) is 23.6 Å². The SMILES string of the molecule is CCCc1nc(NC)cc(NCC(C(C)C)C(C)C)n1. The average Bonchev–Trinajstić information content (AvgIpc) is 2.38. The molecular weight excluding hydrogens is 248 g/mol. The number of hydrogen-bond donors (Lipinski definition) is 2.